The van der Waals surface area contributed by atoms with Crippen LogP contribution in [0.5, 0.6) is 0 Å². The van der Waals surface area contributed by atoms with Crippen LogP contribution in [0.1, 0.15) is 49.9 Å². The maximum atomic E-state index is 12.6. The lowest BCUT2D eigenvalue weighted by Gasteiger charge is -2.48. The Labute approximate surface area is 149 Å². The Bertz CT molecular complexity index is 612. The van der Waals surface area contributed by atoms with Crippen LogP contribution in [0.2, 0.25) is 0 Å². The van der Waals surface area contributed by atoms with Crippen LogP contribution in [0, 0.1) is 0 Å². The van der Waals surface area contributed by atoms with Crippen molar-refractivity contribution in [2.75, 3.05) is 26.2 Å². The lowest BCUT2D eigenvalue weighted by Crippen LogP contribution is -2.55. The molecular weight excluding hydrogens is 318 g/mol. The van der Waals surface area contributed by atoms with Gasteiger partial charge in [-0.25, -0.2) is 0 Å². The predicted octanol–water partition coefficient (Wildman–Crippen LogP) is 2.10. The van der Waals surface area contributed by atoms with Crippen molar-refractivity contribution in [2.45, 2.75) is 51.2 Å². The molecule has 0 unspecified atom stereocenters. The Morgan fingerprint density at radius 1 is 1.40 bits per heavy atom. The maximum absolute atomic E-state index is 12.6. The van der Waals surface area contributed by atoms with Gasteiger partial charge in [0.15, 0.2) is 0 Å². The van der Waals surface area contributed by atoms with Crippen molar-refractivity contribution in [1.82, 2.24) is 14.8 Å². The summed E-state index contributed by atoms with van der Waals surface area (Å²) < 4.78 is 6.16. The first kappa shape index (κ1) is 17.9. The molecule has 6 heteroatoms. The molecule has 2 aliphatic heterocycles. The molecule has 3 rings (SSSR count). The summed E-state index contributed by atoms with van der Waals surface area (Å²) in [5.74, 6) is 0.169. The number of hydrogen-bond acceptors (Lipinski definition) is 4. The summed E-state index contributed by atoms with van der Waals surface area (Å²) in [6.45, 7) is 6.46. The molecule has 25 heavy (non-hydrogen) atoms. The highest BCUT2D eigenvalue weighted by Gasteiger charge is 2.42. The molecular formula is C19H27N3O3. The first-order chi connectivity index (χ1) is 12.0. The summed E-state index contributed by atoms with van der Waals surface area (Å²) in [7, 11) is 0. The Morgan fingerprint density at radius 2 is 2.16 bits per heavy atom. The highest BCUT2D eigenvalue weighted by Crippen LogP contribution is 2.37. The number of carbonyl (C=O) groups excluding carboxylic acids is 2. The zero-order valence-corrected chi connectivity index (χ0v) is 15.1. The van der Waals surface area contributed by atoms with E-state index in [1.807, 2.05) is 16.7 Å². The van der Waals surface area contributed by atoms with E-state index in [-0.39, 0.29) is 23.5 Å². The minimum absolute atomic E-state index is 0.0363. The summed E-state index contributed by atoms with van der Waals surface area (Å²) in [5.41, 5.74) is 0.437. The molecule has 136 valence electrons. The van der Waals surface area contributed by atoms with Crippen LogP contribution < -0.4 is 0 Å². The lowest BCUT2D eigenvalue weighted by molar-refractivity contribution is -0.147. The fourth-order valence-corrected chi connectivity index (χ4v) is 4.14. The number of aromatic nitrogens is 1. The van der Waals surface area contributed by atoms with Gasteiger partial charge < -0.3 is 14.5 Å². The third-order valence-corrected chi connectivity index (χ3v) is 5.52. The molecule has 1 aromatic rings. The smallest absolute Gasteiger partial charge is 0.255 e. The van der Waals surface area contributed by atoms with E-state index in [1.54, 1.807) is 31.5 Å². The summed E-state index contributed by atoms with van der Waals surface area (Å²) in [6.07, 6.45) is 6.71. The highest BCUT2D eigenvalue weighted by atomic mass is 16.5. The fraction of sp³-hybridized carbons (Fsp3) is 0.632. The van der Waals surface area contributed by atoms with E-state index < -0.39 is 0 Å². The predicted molar refractivity (Wildman–Crippen MR) is 94.1 cm³/mol. The first-order valence-electron chi connectivity index (χ1n) is 9.15. The van der Waals surface area contributed by atoms with Crippen LogP contribution >= 0.6 is 0 Å². The molecule has 0 radical (unpaired) electrons. The minimum Gasteiger partial charge on any atom is -0.375 e. The van der Waals surface area contributed by atoms with Crippen molar-refractivity contribution < 1.29 is 14.3 Å². The van der Waals surface area contributed by atoms with Crippen molar-refractivity contribution in [3.05, 3.63) is 30.1 Å². The van der Waals surface area contributed by atoms with Crippen LogP contribution in [0.3, 0.4) is 0 Å². The van der Waals surface area contributed by atoms with Gasteiger partial charge in [0.25, 0.3) is 5.91 Å². The number of ether oxygens (including phenoxy) is 1. The Balaban J connectivity index is 1.62. The normalized spacial score (nSPS) is 22.6. The van der Waals surface area contributed by atoms with Crippen LogP contribution in [-0.4, -0.2) is 64.5 Å². The summed E-state index contributed by atoms with van der Waals surface area (Å²) in [5, 5.41) is 0. The van der Waals surface area contributed by atoms with E-state index in [0.717, 1.165) is 32.2 Å². The molecule has 0 aliphatic carbocycles. The van der Waals surface area contributed by atoms with Crippen LogP contribution in [-0.2, 0) is 9.53 Å². The number of carbonyl (C=O) groups is 2. The van der Waals surface area contributed by atoms with Gasteiger partial charge in [0.1, 0.15) is 0 Å². The van der Waals surface area contributed by atoms with Crippen molar-refractivity contribution in [1.29, 1.82) is 0 Å². The topological polar surface area (TPSA) is 62.7 Å². The minimum atomic E-state index is -0.197. The third kappa shape index (κ3) is 3.84. The Hall–Kier alpha value is -1.95. The molecule has 0 bridgehead atoms. The van der Waals surface area contributed by atoms with Crippen LogP contribution in [0.15, 0.2) is 24.5 Å². The van der Waals surface area contributed by atoms with Gasteiger partial charge in [-0.15, -0.1) is 0 Å². The van der Waals surface area contributed by atoms with E-state index in [1.165, 1.54) is 0 Å². The van der Waals surface area contributed by atoms with Crippen molar-refractivity contribution >= 4 is 11.8 Å². The molecule has 1 spiro atoms. The van der Waals surface area contributed by atoms with Gasteiger partial charge in [0.05, 0.1) is 11.2 Å². The number of hydrogen-bond donors (Lipinski definition) is 0. The van der Waals surface area contributed by atoms with E-state index in [9.17, 15) is 9.59 Å². The van der Waals surface area contributed by atoms with E-state index in [0.29, 0.717) is 25.3 Å². The van der Waals surface area contributed by atoms with Gasteiger partial charge in [-0.05, 0) is 44.7 Å². The summed E-state index contributed by atoms with van der Waals surface area (Å²) >= 11 is 0. The average molecular weight is 345 g/mol. The van der Waals surface area contributed by atoms with E-state index >= 15 is 0 Å². The van der Waals surface area contributed by atoms with Crippen LogP contribution in [0.25, 0.3) is 0 Å². The van der Waals surface area contributed by atoms with Crippen molar-refractivity contribution in [3.8, 4) is 0 Å². The number of rotatable bonds is 3. The number of piperidine rings is 1. The second-order valence-electron chi connectivity index (χ2n) is 7.02. The second-order valence-corrected chi connectivity index (χ2v) is 7.02. The standard InChI is InChI=1S/C19H27N3O3/c1-3-22(15(2)23)17-6-12-25-19(13-17)7-10-21(11-8-19)18(24)16-5-4-9-20-14-16/h4-5,9,14,17H,3,6-8,10-13H2,1-2H3/t17-/m0/s1. The Kier molecular flexibility index (Phi) is 5.37. The molecule has 2 aliphatic rings. The molecule has 3 heterocycles. The number of nitrogens with zero attached hydrogens (tertiary/aromatic N) is 3. The number of likely N-dealkylation sites (tertiary alicyclic amines) is 1. The molecule has 6 nitrogen and oxygen atoms in total. The molecule has 2 amide bonds. The monoisotopic (exact) mass is 345 g/mol. The van der Waals surface area contributed by atoms with Gasteiger partial charge in [-0.2, -0.15) is 0 Å². The van der Waals surface area contributed by atoms with Crippen molar-refractivity contribution in [2.24, 2.45) is 0 Å². The van der Waals surface area contributed by atoms with Crippen LogP contribution in [0.4, 0.5) is 0 Å². The summed E-state index contributed by atoms with van der Waals surface area (Å²) in [4.78, 5) is 32.3. The molecule has 2 saturated heterocycles. The highest BCUT2D eigenvalue weighted by molar-refractivity contribution is 5.93. The van der Waals surface area contributed by atoms with Gasteiger partial charge >= 0.3 is 0 Å². The van der Waals surface area contributed by atoms with Gasteiger partial charge in [0.2, 0.25) is 5.91 Å². The largest absolute Gasteiger partial charge is 0.375 e. The average Bonchev–Trinajstić information content (AvgIpc) is 2.63. The van der Waals surface area contributed by atoms with E-state index in [2.05, 4.69) is 4.98 Å². The molecule has 0 N–H and O–H groups in total. The molecule has 0 saturated carbocycles. The zero-order valence-electron chi connectivity index (χ0n) is 15.1. The van der Waals surface area contributed by atoms with E-state index in [4.69, 9.17) is 4.74 Å². The molecule has 0 aromatic carbocycles. The Morgan fingerprint density at radius 3 is 2.76 bits per heavy atom. The summed E-state index contributed by atoms with van der Waals surface area (Å²) in [6, 6.07) is 3.84. The first-order valence-corrected chi connectivity index (χ1v) is 9.15. The maximum Gasteiger partial charge on any atom is 0.255 e. The van der Waals surface area contributed by atoms with Gasteiger partial charge in [-0.3, -0.25) is 14.6 Å². The van der Waals surface area contributed by atoms with Crippen molar-refractivity contribution in [3.63, 3.8) is 0 Å². The lowest BCUT2D eigenvalue weighted by atomic mass is 9.81. The molecule has 1 atom stereocenters. The second kappa shape index (κ2) is 7.52. The molecule has 2 fully saturated rings. The van der Waals surface area contributed by atoms with Gasteiger partial charge in [-0.1, -0.05) is 0 Å². The number of pyridine rings is 1. The third-order valence-electron chi connectivity index (χ3n) is 5.52. The fourth-order valence-electron chi connectivity index (χ4n) is 4.14. The zero-order chi connectivity index (χ0) is 17.9. The quantitative estimate of drug-likeness (QED) is 0.842. The molecule has 1 aromatic heterocycles. The SMILES string of the molecule is CCN(C(C)=O)[C@H]1CCOC2(CCN(C(=O)c3cccnc3)CC2)C1. The van der Waals surface area contributed by atoms with Gasteiger partial charge in [0, 0.05) is 51.6 Å². The number of amides is 2.